The van der Waals surface area contributed by atoms with Crippen molar-refractivity contribution in [2.45, 2.75) is 12.8 Å². The Labute approximate surface area is 132 Å². The normalized spacial score (nSPS) is 13.9. The quantitative estimate of drug-likeness (QED) is 0.940. The summed E-state index contributed by atoms with van der Waals surface area (Å²) >= 11 is 0. The second-order valence-electron chi connectivity index (χ2n) is 5.30. The van der Waals surface area contributed by atoms with E-state index in [9.17, 15) is 4.79 Å². The number of ether oxygens (including phenoxy) is 4. The molecule has 6 heteroatoms. The molecule has 0 saturated heterocycles. The number of hydrogen-bond acceptors (Lipinski definition) is 5. The van der Waals surface area contributed by atoms with E-state index in [0.29, 0.717) is 30.0 Å². The van der Waals surface area contributed by atoms with Crippen molar-refractivity contribution in [2.75, 3.05) is 18.9 Å². The maximum absolute atomic E-state index is 12.1. The van der Waals surface area contributed by atoms with E-state index in [1.807, 2.05) is 18.2 Å². The molecule has 6 nitrogen and oxygen atoms in total. The summed E-state index contributed by atoms with van der Waals surface area (Å²) in [5, 5.41) is 2.86. The van der Waals surface area contributed by atoms with Crippen LogP contribution in [-0.2, 0) is 11.2 Å². The Bertz CT molecular complexity index is 759. The minimum Gasteiger partial charge on any atom is -0.454 e. The first-order chi connectivity index (χ1) is 11.3. The monoisotopic (exact) mass is 313 g/mol. The van der Waals surface area contributed by atoms with Gasteiger partial charge in [0.2, 0.25) is 19.5 Å². The molecule has 2 aromatic carbocycles. The van der Waals surface area contributed by atoms with Crippen LogP contribution in [0, 0.1) is 0 Å². The Morgan fingerprint density at radius 2 is 1.52 bits per heavy atom. The summed E-state index contributed by atoms with van der Waals surface area (Å²) in [6.45, 7) is 0.472. The van der Waals surface area contributed by atoms with E-state index in [-0.39, 0.29) is 19.5 Å². The lowest BCUT2D eigenvalue weighted by Crippen LogP contribution is -2.12. The Morgan fingerprint density at radius 3 is 2.30 bits per heavy atom. The van der Waals surface area contributed by atoms with Crippen LogP contribution in [0.15, 0.2) is 36.4 Å². The SMILES string of the molecule is O=C(CCc1ccc2c(c1)OCO2)Nc1ccc2c(c1)OCO2. The van der Waals surface area contributed by atoms with Crippen LogP contribution in [0.5, 0.6) is 23.0 Å². The van der Waals surface area contributed by atoms with Gasteiger partial charge in [0.15, 0.2) is 23.0 Å². The maximum atomic E-state index is 12.1. The van der Waals surface area contributed by atoms with Crippen molar-refractivity contribution < 1.29 is 23.7 Å². The molecule has 0 unspecified atom stereocenters. The standard InChI is InChI=1S/C17H15NO5/c19-17(18-12-3-5-14-16(8-12)23-10-21-14)6-2-11-1-4-13-15(7-11)22-9-20-13/h1,3-5,7-8H,2,6,9-10H2,(H,18,19). The Balaban J connectivity index is 1.35. The van der Waals surface area contributed by atoms with Crippen LogP contribution in [0.2, 0.25) is 0 Å². The summed E-state index contributed by atoms with van der Waals surface area (Å²) in [6.07, 6.45) is 1.01. The van der Waals surface area contributed by atoms with E-state index in [0.717, 1.165) is 17.1 Å². The smallest absolute Gasteiger partial charge is 0.231 e. The van der Waals surface area contributed by atoms with Crippen LogP contribution < -0.4 is 24.3 Å². The fourth-order valence-corrected chi connectivity index (χ4v) is 2.55. The van der Waals surface area contributed by atoms with E-state index < -0.39 is 0 Å². The first-order valence-corrected chi connectivity index (χ1v) is 7.36. The van der Waals surface area contributed by atoms with Crippen molar-refractivity contribution in [1.29, 1.82) is 0 Å². The number of nitrogens with one attached hydrogen (secondary N) is 1. The number of carbonyl (C=O) groups is 1. The Morgan fingerprint density at radius 1 is 0.870 bits per heavy atom. The minimum absolute atomic E-state index is 0.0541. The maximum Gasteiger partial charge on any atom is 0.231 e. The summed E-state index contributed by atoms with van der Waals surface area (Å²) in [6, 6.07) is 11.1. The molecule has 1 amide bonds. The molecule has 0 bridgehead atoms. The van der Waals surface area contributed by atoms with Crippen molar-refractivity contribution >= 4 is 11.6 Å². The zero-order valence-electron chi connectivity index (χ0n) is 12.3. The van der Waals surface area contributed by atoms with Gasteiger partial charge in [-0.2, -0.15) is 0 Å². The van der Waals surface area contributed by atoms with Gasteiger partial charge in [-0.25, -0.2) is 0 Å². The Hall–Kier alpha value is -2.89. The van der Waals surface area contributed by atoms with Gasteiger partial charge in [0.05, 0.1) is 0 Å². The fraction of sp³-hybridized carbons (Fsp3) is 0.235. The van der Waals surface area contributed by atoms with Gasteiger partial charge in [-0.05, 0) is 36.2 Å². The molecule has 0 atom stereocenters. The summed E-state index contributed by atoms with van der Waals surface area (Å²) in [5.74, 6) is 2.78. The second kappa shape index (κ2) is 5.72. The third-order valence-corrected chi connectivity index (χ3v) is 3.73. The largest absolute Gasteiger partial charge is 0.454 e. The number of carbonyl (C=O) groups excluding carboxylic acids is 1. The van der Waals surface area contributed by atoms with Crippen LogP contribution in [0.25, 0.3) is 0 Å². The molecule has 0 aromatic heterocycles. The number of aryl methyl sites for hydroxylation is 1. The number of fused-ring (bicyclic) bond motifs is 2. The molecule has 1 N–H and O–H groups in total. The van der Waals surface area contributed by atoms with Gasteiger partial charge < -0.3 is 24.3 Å². The number of rotatable bonds is 4. The van der Waals surface area contributed by atoms with Crippen LogP contribution in [-0.4, -0.2) is 19.5 Å². The highest BCUT2D eigenvalue weighted by Crippen LogP contribution is 2.34. The van der Waals surface area contributed by atoms with E-state index in [1.165, 1.54) is 0 Å². The molecule has 118 valence electrons. The van der Waals surface area contributed by atoms with Gasteiger partial charge in [0.25, 0.3) is 0 Å². The van der Waals surface area contributed by atoms with Crippen LogP contribution in [0.4, 0.5) is 5.69 Å². The lowest BCUT2D eigenvalue weighted by molar-refractivity contribution is -0.116. The predicted molar refractivity (Wildman–Crippen MR) is 82.1 cm³/mol. The minimum atomic E-state index is -0.0541. The summed E-state index contributed by atoms with van der Waals surface area (Å²) in [4.78, 5) is 12.1. The van der Waals surface area contributed by atoms with Crippen LogP contribution in [0.1, 0.15) is 12.0 Å². The molecule has 0 spiro atoms. The van der Waals surface area contributed by atoms with Gasteiger partial charge in [0, 0.05) is 18.2 Å². The molecule has 0 radical (unpaired) electrons. The molecular weight excluding hydrogens is 298 g/mol. The van der Waals surface area contributed by atoms with E-state index in [1.54, 1.807) is 18.2 Å². The van der Waals surface area contributed by atoms with E-state index in [2.05, 4.69) is 5.32 Å². The molecule has 2 aliphatic heterocycles. The third-order valence-electron chi connectivity index (χ3n) is 3.73. The first kappa shape index (κ1) is 13.8. The van der Waals surface area contributed by atoms with Crippen molar-refractivity contribution in [1.82, 2.24) is 0 Å². The number of amides is 1. The highest BCUT2D eigenvalue weighted by molar-refractivity contribution is 5.91. The molecule has 0 aliphatic carbocycles. The lowest BCUT2D eigenvalue weighted by atomic mass is 10.1. The molecule has 4 rings (SSSR count). The highest BCUT2D eigenvalue weighted by Gasteiger charge is 2.15. The van der Waals surface area contributed by atoms with E-state index in [4.69, 9.17) is 18.9 Å². The van der Waals surface area contributed by atoms with Crippen molar-refractivity contribution in [3.8, 4) is 23.0 Å². The average Bonchev–Trinajstić information content (AvgIpc) is 3.20. The number of anilines is 1. The summed E-state index contributed by atoms with van der Waals surface area (Å²) in [7, 11) is 0. The molecule has 0 fully saturated rings. The molecule has 2 aromatic rings. The van der Waals surface area contributed by atoms with E-state index >= 15 is 0 Å². The molecular formula is C17H15NO5. The zero-order chi connectivity index (χ0) is 15.6. The van der Waals surface area contributed by atoms with Crippen molar-refractivity contribution in [3.05, 3.63) is 42.0 Å². The fourth-order valence-electron chi connectivity index (χ4n) is 2.55. The van der Waals surface area contributed by atoms with Crippen molar-refractivity contribution in [2.24, 2.45) is 0 Å². The summed E-state index contributed by atoms with van der Waals surface area (Å²) in [5.41, 5.74) is 1.74. The molecule has 0 saturated carbocycles. The van der Waals surface area contributed by atoms with Gasteiger partial charge in [0.1, 0.15) is 0 Å². The second-order valence-corrected chi connectivity index (χ2v) is 5.30. The molecule has 2 aliphatic rings. The van der Waals surface area contributed by atoms with Crippen molar-refractivity contribution in [3.63, 3.8) is 0 Å². The summed E-state index contributed by atoms with van der Waals surface area (Å²) < 4.78 is 21.1. The number of benzene rings is 2. The molecule has 23 heavy (non-hydrogen) atoms. The van der Waals surface area contributed by atoms with Gasteiger partial charge >= 0.3 is 0 Å². The Kier molecular flexibility index (Phi) is 3.42. The van der Waals surface area contributed by atoms with Gasteiger partial charge in [-0.15, -0.1) is 0 Å². The third kappa shape index (κ3) is 2.88. The van der Waals surface area contributed by atoms with Crippen LogP contribution in [0.3, 0.4) is 0 Å². The van der Waals surface area contributed by atoms with Gasteiger partial charge in [-0.3, -0.25) is 4.79 Å². The zero-order valence-corrected chi connectivity index (χ0v) is 12.3. The predicted octanol–water partition coefficient (Wildman–Crippen LogP) is 2.72. The van der Waals surface area contributed by atoms with Crippen LogP contribution >= 0.6 is 0 Å². The first-order valence-electron chi connectivity index (χ1n) is 7.36. The highest BCUT2D eigenvalue weighted by atomic mass is 16.7. The lowest BCUT2D eigenvalue weighted by Gasteiger charge is -2.07. The number of hydrogen-bond donors (Lipinski definition) is 1. The molecule has 2 heterocycles. The van der Waals surface area contributed by atoms with Gasteiger partial charge in [-0.1, -0.05) is 6.07 Å². The average molecular weight is 313 g/mol. The topological polar surface area (TPSA) is 66.0 Å².